The van der Waals surface area contributed by atoms with Gasteiger partial charge in [0.15, 0.2) is 0 Å². The predicted octanol–water partition coefficient (Wildman–Crippen LogP) is 1.84. The van der Waals surface area contributed by atoms with Gasteiger partial charge in [-0.25, -0.2) is 0 Å². The molecule has 1 aromatic carbocycles. The zero-order valence-corrected chi connectivity index (χ0v) is 12.4. The lowest BCUT2D eigenvalue weighted by molar-refractivity contribution is -0.134. The average Bonchev–Trinajstić information content (AvgIpc) is 2.43. The first-order chi connectivity index (χ1) is 9.74. The molecule has 0 atom stereocenters. The van der Waals surface area contributed by atoms with Crippen molar-refractivity contribution in [2.24, 2.45) is 0 Å². The Morgan fingerprint density at radius 3 is 2.55 bits per heavy atom. The molecule has 4 nitrogen and oxygen atoms in total. The fourth-order valence-corrected chi connectivity index (χ4v) is 2.43. The van der Waals surface area contributed by atoms with Crippen molar-refractivity contribution in [3.8, 4) is 5.75 Å². The molecule has 1 fully saturated rings. The highest BCUT2D eigenvalue weighted by Gasteiger charge is 2.27. The van der Waals surface area contributed by atoms with Gasteiger partial charge in [-0.3, -0.25) is 4.79 Å². The van der Waals surface area contributed by atoms with Gasteiger partial charge in [0, 0.05) is 26.1 Å². The van der Waals surface area contributed by atoms with Crippen LogP contribution in [-0.4, -0.2) is 43.6 Å². The van der Waals surface area contributed by atoms with E-state index < -0.39 is 0 Å². The molecular formula is C16H24N2O2. The standard InChI is InChI=1S/C16H24N2O2/c1-3-10-18(14-11-17-12-14)16(19)9-6-13-4-7-15(20-2)8-5-13/h4-5,7-8,14,17H,3,6,9-12H2,1-2H3. The molecule has 1 aliphatic heterocycles. The number of hydrogen-bond acceptors (Lipinski definition) is 3. The van der Waals surface area contributed by atoms with Crippen LogP contribution in [-0.2, 0) is 11.2 Å². The van der Waals surface area contributed by atoms with Crippen molar-refractivity contribution in [1.82, 2.24) is 10.2 Å². The Morgan fingerprint density at radius 2 is 2.05 bits per heavy atom. The van der Waals surface area contributed by atoms with E-state index >= 15 is 0 Å². The summed E-state index contributed by atoms with van der Waals surface area (Å²) in [6.07, 6.45) is 2.40. The van der Waals surface area contributed by atoms with Crippen LogP contribution in [0.1, 0.15) is 25.3 Å². The molecular weight excluding hydrogens is 252 g/mol. The highest BCUT2D eigenvalue weighted by Crippen LogP contribution is 2.14. The van der Waals surface area contributed by atoms with Gasteiger partial charge >= 0.3 is 0 Å². The van der Waals surface area contributed by atoms with Gasteiger partial charge in [0.05, 0.1) is 13.2 Å². The number of nitrogens with one attached hydrogen (secondary N) is 1. The minimum atomic E-state index is 0.272. The first-order valence-corrected chi connectivity index (χ1v) is 7.37. The minimum absolute atomic E-state index is 0.272. The number of carbonyl (C=O) groups is 1. The van der Waals surface area contributed by atoms with Gasteiger partial charge in [0.25, 0.3) is 0 Å². The van der Waals surface area contributed by atoms with Crippen LogP contribution in [0.25, 0.3) is 0 Å². The third-order valence-electron chi connectivity index (χ3n) is 3.77. The molecule has 0 unspecified atom stereocenters. The summed E-state index contributed by atoms with van der Waals surface area (Å²) in [5.74, 6) is 1.13. The van der Waals surface area contributed by atoms with Crippen LogP contribution in [0, 0.1) is 0 Å². The van der Waals surface area contributed by atoms with Gasteiger partial charge in [-0.2, -0.15) is 0 Å². The summed E-state index contributed by atoms with van der Waals surface area (Å²) in [5, 5.41) is 3.23. The number of aryl methyl sites for hydroxylation is 1. The van der Waals surface area contributed by atoms with Crippen LogP contribution < -0.4 is 10.1 Å². The third-order valence-corrected chi connectivity index (χ3v) is 3.77. The Balaban J connectivity index is 1.85. The Hall–Kier alpha value is -1.55. The van der Waals surface area contributed by atoms with Crippen molar-refractivity contribution in [2.45, 2.75) is 32.2 Å². The van der Waals surface area contributed by atoms with Crippen LogP contribution in [0.15, 0.2) is 24.3 Å². The Bertz CT molecular complexity index is 427. The topological polar surface area (TPSA) is 41.6 Å². The number of hydrogen-bond donors (Lipinski definition) is 1. The normalized spacial score (nSPS) is 14.7. The van der Waals surface area contributed by atoms with Gasteiger partial charge in [-0.15, -0.1) is 0 Å². The van der Waals surface area contributed by atoms with Gasteiger partial charge in [-0.1, -0.05) is 19.1 Å². The summed E-state index contributed by atoms with van der Waals surface area (Å²) < 4.78 is 5.14. The van der Waals surface area contributed by atoms with E-state index in [1.807, 2.05) is 29.2 Å². The number of carbonyl (C=O) groups excluding carboxylic acids is 1. The molecule has 2 rings (SSSR count). The van der Waals surface area contributed by atoms with Crippen LogP contribution in [0.4, 0.5) is 0 Å². The Morgan fingerprint density at radius 1 is 1.35 bits per heavy atom. The molecule has 0 saturated carbocycles. The van der Waals surface area contributed by atoms with Gasteiger partial charge < -0.3 is 15.0 Å². The summed E-state index contributed by atoms with van der Waals surface area (Å²) in [6.45, 7) is 4.87. The van der Waals surface area contributed by atoms with E-state index in [-0.39, 0.29) is 5.91 Å². The molecule has 1 N–H and O–H groups in total. The molecule has 20 heavy (non-hydrogen) atoms. The van der Waals surface area contributed by atoms with E-state index in [1.54, 1.807) is 7.11 Å². The first-order valence-electron chi connectivity index (χ1n) is 7.37. The lowest BCUT2D eigenvalue weighted by Crippen LogP contribution is -2.59. The molecule has 110 valence electrons. The van der Waals surface area contributed by atoms with E-state index in [4.69, 9.17) is 4.74 Å². The average molecular weight is 276 g/mol. The van der Waals surface area contributed by atoms with Crippen LogP contribution in [0.5, 0.6) is 5.75 Å². The summed E-state index contributed by atoms with van der Waals surface area (Å²) in [5.41, 5.74) is 1.18. The molecule has 1 aliphatic rings. The molecule has 0 aliphatic carbocycles. The molecule has 0 spiro atoms. The van der Waals surface area contributed by atoms with E-state index in [1.165, 1.54) is 5.56 Å². The van der Waals surface area contributed by atoms with E-state index in [0.29, 0.717) is 12.5 Å². The number of amides is 1. The maximum atomic E-state index is 12.3. The van der Waals surface area contributed by atoms with E-state index in [0.717, 1.165) is 38.2 Å². The molecule has 1 heterocycles. The van der Waals surface area contributed by atoms with Crippen molar-refractivity contribution in [3.63, 3.8) is 0 Å². The second-order valence-corrected chi connectivity index (χ2v) is 5.25. The number of rotatable bonds is 7. The summed E-state index contributed by atoms with van der Waals surface area (Å²) in [4.78, 5) is 14.4. The van der Waals surface area contributed by atoms with Crippen molar-refractivity contribution in [1.29, 1.82) is 0 Å². The molecule has 0 radical (unpaired) electrons. The molecule has 1 aromatic rings. The molecule has 1 amide bonds. The lowest BCUT2D eigenvalue weighted by Gasteiger charge is -2.38. The SMILES string of the molecule is CCCN(C(=O)CCc1ccc(OC)cc1)C1CNC1. The molecule has 4 heteroatoms. The maximum Gasteiger partial charge on any atom is 0.223 e. The number of methoxy groups -OCH3 is 1. The Kier molecular flexibility index (Phi) is 5.41. The molecule has 0 bridgehead atoms. The maximum absolute atomic E-state index is 12.3. The quantitative estimate of drug-likeness (QED) is 0.826. The number of nitrogens with zero attached hydrogens (tertiary/aromatic N) is 1. The summed E-state index contributed by atoms with van der Waals surface area (Å²) in [7, 11) is 1.66. The minimum Gasteiger partial charge on any atom is -0.497 e. The number of ether oxygens (including phenoxy) is 1. The smallest absolute Gasteiger partial charge is 0.223 e. The molecule has 0 aromatic heterocycles. The monoisotopic (exact) mass is 276 g/mol. The van der Waals surface area contributed by atoms with Crippen molar-refractivity contribution < 1.29 is 9.53 Å². The highest BCUT2D eigenvalue weighted by atomic mass is 16.5. The third kappa shape index (κ3) is 3.73. The van der Waals surface area contributed by atoms with Crippen molar-refractivity contribution in [2.75, 3.05) is 26.7 Å². The van der Waals surface area contributed by atoms with Crippen LogP contribution in [0.3, 0.4) is 0 Å². The van der Waals surface area contributed by atoms with E-state index in [9.17, 15) is 4.79 Å². The fraction of sp³-hybridized carbons (Fsp3) is 0.562. The highest BCUT2D eigenvalue weighted by molar-refractivity contribution is 5.77. The Labute approximate surface area is 121 Å². The van der Waals surface area contributed by atoms with Crippen molar-refractivity contribution in [3.05, 3.63) is 29.8 Å². The molecule has 1 saturated heterocycles. The lowest BCUT2D eigenvalue weighted by atomic mass is 10.1. The van der Waals surface area contributed by atoms with Gasteiger partial charge in [0.1, 0.15) is 5.75 Å². The summed E-state index contributed by atoms with van der Waals surface area (Å²) in [6, 6.07) is 8.35. The zero-order chi connectivity index (χ0) is 14.4. The van der Waals surface area contributed by atoms with Crippen LogP contribution >= 0.6 is 0 Å². The zero-order valence-electron chi connectivity index (χ0n) is 12.4. The fourth-order valence-electron chi connectivity index (χ4n) is 2.43. The van der Waals surface area contributed by atoms with Crippen molar-refractivity contribution >= 4 is 5.91 Å². The van der Waals surface area contributed by atoms with Crippen LogP contribution in [0.2, 0.25) is 0 Å². The van der Waals surface area contributed by atoms with Gasteiger partial charge in [-0.05, 0) is 30.5 Å². The largest absolute Gasteiger partial charge is 0.497 e. The van der Waals surface area contributed by atoms with Gasteiger partial charge in [0.2, 0.25) is 5.91 Å². The number of benzene rings is 1. The first kappa shape index (κ1) is 14.9. The summed E-state index contributed by atoms with van der Waals surface area (Å²) >= 11 is 0. The predicted molar refractivity (Wildman–Crippen MR) is 80.0 cm³/mol. The van der Waals surface area contributed by atoms with E-state index in [2.05, 4.69) is 12.2 Å². The second-order valence-electron chi connectivity index (χ2n) is 5.25. The second kappa shape index (κ2) is 7.29.